The van der Waals surface area contributed by atoms with Gasteiger partial charge in [0.05, 0.1) is 6.04 Å². The van der Waals surface area contributed by atoms with Gasteiger partial charge in [0.25, 0.3) is 0 Å². The normalized spacial score (nSPS) is 20.3. The molecule has 112 valence electrons. The molecule has 0 aromatic carbocycles. The van der Waals surface area contributed by atoms with Crippen LogP contribution in [0.2, 0.25) is 0 Å². The van der Waals surface area contributed by atoms with Gasteiger partial charge in [-0.25, -0.2) is 0 Å². The average Bonchev–Trinajstić information content (AvgIpc) is 2.44. The Labute approximate surface area is 118 Å². The summed E-state index contributed by atoms with van der Waals surface area (Å²) in [7, 11) is 0. The van der Waals surface area contributed by atoms with Crippen molar-refractivity contribution in [3.05, 3.63) is 0 Å². The zero-order chi connectivity index (χ0) is 14.3. The van der Waals surface area contributed by atoms with Crippen LogP contribution in [-0.4, -0.2) is 42.5 Å². The summed E-state index contributed by atoms with van der Waals surface area (Å²) in [5.41, 5.74) is 5.67. The second-order valence-corrected chi connectivity index (χ2v) is 5.95. The number of carbonyl (C=O) groups is 1. The number of amides is 1. The van der Waals surface area contributed by atoms with E-state index in [0.29, 0.717) is 18.5 Å². The third kappa shape index (κ3) is 5.49. The van der Waals surface area contributed by atoms with Gasteiger partial charge in [-0.3, -0.25) is 9.69 Å². The molecule has 1 aliphatic carbocycles. The lowest BCUT2D eigenvalue weighted by Crippen LogP contribution is -2.50. The first kappa shape index (κ1) is 16.4. The van der Waals surface area contributed by atoms with Crippen LogP contribution >= 0.6 is 0 Å². The number of hydrogen-bond donors (Lipinski definition) is 2. The molecule has 0 radical (unpaired) electrons. The van der Waals surface area contributed by atoms with Gasteiger partial charge >= 0.3 is 0 Å². The summed E-state index contributed by atoms with van der Waals surface area (Å²) < 4.78 is 0. The number of carbonyl (C=O) groups excluding carboxylic acids is 1. The van der Waals surface area contributed by atoms with Gasteiger partial charge in [-0.2, -0.15) is 0 Å². The summed E-state index contributed by atoms with van der Waals surface area (Å²) in [5, 5.41) is 3.21. The van der Waals surface area contributed by atoms with Crippen LogP contribution in [-0.2, 0) is 4.79 Å². The summed E-state index contributed by atoms with van der Waals surface area (Å²) >= 11 is 0. The van der Waals surface area contributed by atoms with E-state index in [1.54, 1.807) is 0 Å². The Balaban J connectivity index is 2.43. The number of hydrogen-bond acceptors (Lipinski definition) is 3. The molecule has 1 rings (SSSR count). The maximum atomic E-state index is 12.3. The Morgan fingerprint density at radius 2 is 1.95 bits per heavy atom. The minimum absolute atomic E-state index is 0.0547. The Hall–Kier alpha value is -0.610. The molecule has 4 heteroatoms. The highest BCUT2D eigenvalue weighted by Crippen LogP contribution is 2.17. The van der Waals surface area contributed by atoms with Crippen molar-refractivity contribution in [1.29, 1.82) is 0 Å². The number of nitrogens with zero attached hydrogens (tertiary/aromatic N) is 1. The number of likely N-dealkylation sites (N-methyl/N-ethyl adjacent to an activating group) is 1. The quantitative estimate of drug-likeness (QED) is 0.740. The topological polar surface area (TPSA) is 58.4 Å². The van der Waals surface area contributed by atoms with Gasteiger partial charge in [-0.1, -0.05) is 33.1 Å². The van der Waals surface area contributed by atoms with E-state index in [1.807, 2.05) is 6.92 Å². The molecule has 2 unspecified atom stereocenters. The van der Waals surface area contributed by atoms with Gasteiger partial charge in [0.15, 0.2) is 0 Å². The summed E-state index contributed by atoms with van der Waals surface area (Å²) in [5.74, 6) is 0.614. The fourth-order valence-corrected chi connectivity index (χ4v) is 2.77. The maximum absolute atomic E-state index is 12.3. The first-order valence-corrected chi connectivity index (χ1v) is 7.83. The lowest BCUT2D eigenvalue weighted by Gasteiger charge is -2.31. The van der Waals surface area contributed by atoms with Gasteiger partial charge in [0.2, 0.25) is 5.91 Å². The average molecular weight is 269 g/mol. The van der Waals surface area contributed by atoms with E-state index in [2.05, 4.69) is 24.1 Å². The van der Waals surface area contributed by atoms with E-state index in [-0.39, 0.29) is 11.9 Å². The first-order valence-electron chi connectivity index (χ1n) is 7.83. The summed E-state index contributed by atoms with van der Waals surface area (Å²) in [6, 6.07) is 0.343. The fourth-order valence-electron chi connectivity index (χ4n) is 2.77. The molecule has 0 heterocycles. The molecular formula is C15H31N3O. The SMILES string of the molecule is CCN(CC(C)CN)C(C)C(=O)NC1CCCCC1. The number of rotatable bonds is 7. The Morgan fingerprint density at radius 3 is 2.47 bits per heavy atom. The van der Waals surface area contributed by atoms with Crippen LogP contribution in [0.1, 0.15) is 52.9 Å². The molecule has 19 heavy (non-hydrogen) atoms. The Bertz CT molecular complexity index is 264. The molecule has 0 aromatic heterocycles. The molecule has 0 bridgehead atoms. The van der Waals surface area contributed by atoms with E-state index in [0.717, 1.165) is 25.9 Å². The van der Waals surface area contributed by atoms with Crippen molar-refractivity contribution in [3.8, 4) is 0 Å². The number of nitrogens with two attached hydrogens (primary N) is 1. The lowest BCUT2D eigenvalue weighted by atomic mass is 9.95. The molecule has 0 aliphatic heterocycles. The minimum Gasteiger partial charge on any atom is -0.352 e. The third-order valence-corrected chi connectivity index (χ3v) is 4.23. The van der Waals surface area contributed by atoms with Gasteiger partial charge < -0.3 is 11.1 Å². The van der Waals surface area contributed by atoms with Crippen LogP contribution < -0.4 is 11.1 Å². The highest BCUT2D eigenvalue weighted by atomic mass is 16.2. The lowest BCUT2D eigenvalue weighted by molar-refractivity contribution is -0.127. The standard InChI is InChI=1S/C15H31N3O/c1-4-18(11-12(2)10-16)13(3)15(19)17-14-8-6-5-7-9-14/h12-14H,4-11,16H2,1-3H3,(H,17,19). The predicted octanol–water partition coefficient (Wildman–Crippen LogP) is 1.74. The van der Waals surface area contributed by atoms with Crippen LogP contribution in [0.5, 0.6) is 0 Å². The number of nitrogens with one attached hydrogen (secondary N) is 1. The second-order valence-electron chi connectivity index (χ2n) is 5.95. The molecule has 1 saturated carbocycles. The van der Waals surface area contributed by atoms with Crippen molar-refractivity contribution in [2.24, 2.45) is 11.7 Å². The van der Waals surface area contributed by atoms with Crippen LogP contribution in [0.25, 0.3) is 0 Å². The Kier molecular flexibility index (Phi) is 7.39. The molecule has 1 aliphatic rings. The summed E-state index contributed by atoms with van der Waals surface area (Å²) in [6.45, 7) is 8.70. The molecule has 0 spiro atoms. The van der Waals surface area contributed by atoms with Crippen LogP contribution in [0.15, 0.2) is 0 Å². The molecule has 3 N–H and O–H groups in total. The van der Waals surface area contributed by atoms with E-state index in [1.165, 1.54) is 19.3 Å². The highest BCUT2D eigenvalue weighted by Gasteiger charge is 2.24. The third-order valence-electron chi connectivity index (χ3n) is 4.23. The van der Waals surface area contributed by atoms with E-state index < -0.39 is 0 Å². The van der Waals surface area contributed by atoms with E-state index in [4.69, 9.17) is 5.73 Å². The summed E-state index contributed by atoms with van der Waals surface area (Å²) in [4.78, 5) is 14.5. The summed E-state index contributed by atoms with van der Waals surface area (Å²) in [6.07, 6.45) is 6.10. The molecule has 0 saturated heterocycles. The van der Waals surface area contributed by atoms with E-state index >= 15 is 0 Å². The zero-order valence-electron chi connectivity index (χ0n) is 12.8. The fraction of sp³-hybridized carbons (Fsp3) is 0.933. The molecule has 1 fully saturated rings. The monoisotopic (exact) mass is 269 g/mol. The molecular weight excluding hydrogens is 238 g/mol. The van der Waals surface area contributed by atoms with Crippen LogP contribution in [0.3, 0.4) is 0 Å². The van der Waals surface area contributed by atoms with Gasteiger partial charge in [-0.15, -0.1) is 0 Å². The van der Waals surface area contributed by atoms with Crippen molar-refractivity contribution >= 4 is 5.91 Å². The maximum Gasteiger partial charge on any atom is 0.237 e. The van der Waals surface area contributed by atoms with Gasteiger partial charge in [0.1, 0.15) is 0 Å². The van der Waals surface area contributed by atoms with Gasteiger partial charge in [0, 0.05) is 12.6 Å². The van der Waals surface area contributed by atoms with Crippen molar-refractivity contribution < 1.29 is 4.79 Å². The van der Waals surface area contributed by atoms with Crippen molar-refractivity contribution in [2.45, 2.75) is 65.0 Å². The van der Waals surface area contributed by atoms with Crippen molar-refractivity contribution in [3.63, 3.8) is 0 Å². The molecule has 1 amide bonds. The Morgan fingerprint density at radius 1 is 1.32 bits per heavy atom. The molecule has 0 aromatic rings. The largest absolute Gasteiger partial charge is 0.352 e. The van der Waals surface area contributed by atoms with E-state index in [9.17, 15) is 4.79 Å². The highest BCUT2D eigenvalue weighted by molar-refractivity contribution is 5.81. The minimum atomic E-state index is -0.0547. The van der Waals surface area contributed by atoms with Crippen LogP contribution in [0.4, 0.5) is 0 Å². The molecule has 4 nitrogen and oxygen atoms in total. The smallest absolute Gasteiger partial charge is 0.237 e. The van der Waals surface area contributed by atoms with Crippen LogP contribution in [0, 0.1) is 5.92 Å². The van der Waals surface area contributed by atoms with Crippen molar-refractivity contribution in [2.75, 3.05) is 19.6 Å². The zero-order valence-corrected chi connectivity index (χ0v) is 12.8. The molecule has 2 atom stereocenters. The predicted molar refractivity (Wildman–Crippen MR) is 79.9 cm³/mol. The van der Waals surface area contributed by atoms with Gasteiger partial charge in [-0.05, 0) is 38.8 Å². The van der Waals surface area contributed by atoms with Crippen molar-refractivity contribution in [1.82, 2.24) is 10.2 Å². The first-order chi connectivity index (χ1) is 9.08. The second kappa shape index (κ2) is 8.54.